The minimum atomic E-state index is -0.658. The van der Waals surface area contributed by atoms with Crippen LogP contribution in [-0.4, -0.2) is 44.2 Å². The Hall–Kier alpha value is -3.66. The maximum Gasteiger partial charge on any atom is 0.286 e. The fourth-order valence-corrected chi connectivity index (χ4v) is 2.63. The maximum atomic E-state index is 12.6. The van der Waals surface area contributed by atoms with Crippen LogP contribution in [0.3, 0.4) is 0 Å². The fraction of sp³-hybridized carbons (Fsp3) is 0.300. The lowest BCUT2D eigenvalue weighted by atomic mass is 10.1. The first kappa shape index (κ1) is 22.6. The van der Waals surface area contributed by atoms with E-state index in [4.69, 9.17) is 14.2 Å². The standard InChI is InChI=1S/C20H23N3O7/c1-13(24)22-15-6-4-5-14(9-15)12-21-20(25)16-10-18(29-3)19(30-8-7-28-2)11-17(16)23(26)27/h4-6,9-11H,7-8,12H2,1-3H3,(H,21,25)(H,22,24). The van der Waals surface area contributed by atoms with E-state index in [0.717, 1.165) is 6.07 Å². The van der Waals surface area contributed by atoms with Crippen LogP contribution in [0, 0.1) is 10.1 Å². The largest absolute Gasteiger partial charge is 0.493 e. The molecule has 160 valence electrons. The summed E-state index contributed by atoms with van der Waals surface area (Å²) in [6.45, 7) is 1.96. The highest BCUT2D eigenvalue weighted by molar-refractivity contribution is 5.99. The van der Waals surface area contributed by atoms with Gasteiger partial charge in [-0.3, -0.25) is 19.7 Å². The highest BCUT2D eigenvalue weighted by Crippen LogP contribution is 2.34. The van der Waals surface area contributed by atoms with Crippen molar-refractivity contribution < 1.29 is 28.7 Å². The van der Waals surface area contributed by atoms with Gasteiger partial charge in [-0.05, 0) is 17.7 Å². The van der Waals surface area contributed by atoms with Crippen molar-refractivity contribution in [2.45, 2.75) is 13.5 Å². The van der Waals surface area contributed by atoms with Gasteiger partial charge in [-0.25, -0.2) is 0 Å². The number of methoxy groups -OCH3 is 2. The molecular formula is C20H23N3O7. The molecule has 2 N–H and O–H groups in total. The Labute approximate surface area is 173 Å². The minimum absolute atomic E-state index is 0.109. The molecule has 0 bridgehead atoms. The van der Waals surface area contributed by atoms with E-state index in [1.807, 2.05) is 0 Å². The van der Waals surface area contributed by atoms with Gasteiger partial charge in [-0.15, -0.1) is 0 Å². The zero-order valence-electron chi connectivity index (χ0n) is 16.9. The number of carbonyl (C=O) groups excluding carboxylic acids is 2. The molecule has 0 unspecified atom stereocenters. The van der Waals surface area contributed by atoms with E-state index >= 15 is 0 Å². The predicted molar refractivity (Wildman–Crippen MR) is 109 cm³/mol. The molecule has 2 rings (SSSR count). The van der Waals surface area contributed by atoms with Gasteiger partial charge in [0.1, 0.15) is 12.2 Å². The molecule has 0 fully saturated rings. The summed E-state index contributed by atoms with van der Waals surface area (Å²) in [4.78, 5) is 34.7. The van der Waals surface area contributed by atoms with Crippen molar-refractivity contribution in [3.05, 3.63) is 57.6 Å². The summed E-state index contributed by atoms with van der Waals surface area (Å²) in [5, 5.41) is 16.8. The van der Waals surface area contributed by atoms with Gasteiger partial charge in [0.15, 0.2) is 11.5 Å². The van der Waals surface area contributed by atoms with Crippen LogP contribution < -0.4 is 20.1 Å². The van der Waals surface area contributed by atoms with Crippen molar-refractivity contribution in [3.8, 4) is 11.5 Å². The van der Waals surface area contributed by atoms with E-state index in [9.17, 15) is 19.7 Å². The Kier molecular flexibility index (Phi) is 8.12. The van der Waals surface area contributed by atoms with E-state index in [1.165, 1.54) is 27.2 Å². The van der Waals surface area contributed by atoms with Gasteiger partial charge in [0.05, 0.1) is 24.7 Å². The number of benzene rings is 2. The Morgan fingerprint density at radius 3 is 2.50 bits per heavy atom. The molecule has 2 aromatic carbocycles. The molecule has 0 aliphatic carbocycles. The van der Waals surface area contributed by atoms with E-state index in [2.05, 4.69) is 10.6 Å². The zero-order chi connectivity index (χ0) is 22.1. The molecule has 0 heterocycles. The second-order valence-corrected chi connectivity index (χ2v) is 6.18. The molecule has 0 saturated carbocycles. The van der Waals surface area contributed by atoms with E-state index < -0.39 is 16.5 Å². The molecule has 30 heavy (non-hydrogen) atoms. The molecule has 0 aliphatic heterocycles. The number of hydrogen-bond acceptors (Lipinski definition) is 7. The van der Waals surface area contributed by atoms with Crippen molar-refractivity contribution in [1.82, 2.24) is 5.32 Å². The van der Waals surface area contributed by atoms with Crippen LogP contribution in [-0.2, 0) is 16.1 Å². The highest BCUT2D eigenvalue weighted by Gasteiger charge is 2.24. The normalized spacial score (nSPS) is 10.2. The molecule has 0 atom stereocenters. The average molecular weight is 417 g/mol. The summed E-state index contributed by atoms with van der Waals surface area (Å²) >= 11 is 0. The van der Waals surface area contributed by atoms with Gasteiger partial charge < -0.3 is 24.8 Å². The number of nitrogens with one attached hydrogen (secondary N) is 2. The monoisotopic (exact) mass is 417 g/mol. The number of ether oxygens (including phenoxy) is 3. The number of nitro groups is 1. The summed E-state index contributed by atoms with van der Waals surface area (Å²) < 4.78 is 15.5. The summed E-state index contributed by atoms with van der Waals surface area (Å²) in [5.41, 5.74) is 0.727. The second-order valence-electron chi connectivity index (χ2n) is 6.18. The Morgan fingerprint density at radius 2 is 1.87 bits per heavy atom. The Bertz CT molecular complexity index is 931. The SMILES string of the molecule is COCCOc1cc([N+](=O)[O-])c(C(=O)NCc2cccc(NC(C)=O)c2)cc1OC. The molecule has 10 nitrogen and oxygen atoms in total. The van der Waals surface area contributed by atoms with Crippen LogP contribution in [0.1, 0.15) is 22.8 Å². The lowest BCUT2D eigenvalue weighted by molar-refractivity contribution is -0.385. The zero-order valence-corrected chi connectivity index (χ0v) is 16.9. The molecule has 2 amide bonds. The lowest BCUT2D eigenvalue weighted by Crippen LogP contribution is -2.24. The van der Waals surface area contributed by atoms with Gasteiger partial charge in [-0.1, -0.05) is 12.1 Å². The van der Waals surface area contributed by atoms with Crippen LogP contribution in [0.5, 0.6) is 11.5 Å². The first-order valence-electron chi connectivity index (χ1n) is 8.98. The van der Waals surface area contributed by atoms with Gasteiger partial charge >= 0.3 is 0 Å². The number of anilines is 1. The minimum Gasteiger partial charge on any atom is -0.493 e. The Morgan fingerprint density at radius 1 is 1.10 bits per heavy atom. The van der Waals surface area contributed by atoms with Crippen LogP contribution in [0.15, 0.2) is 36.4 Å². The van der Waals surface area contributed by atoms with Crippen molar-refractivity contribution in [3.63, 3.8) is 0 Å². The van der Waals surface area contributed by atoms with E-state index in [1.54, 1.807) is 24.3 Å². The van der Waals surface area contributed by atoms with E-state index in [-0.39, 0.29) is 42.7 Å². The van der Waals surface area contributed by atoms with Crippen molar-refractivity contribution in [2.75, 3.05) is 32.8 Å². The number of amides is 2. The predicted octanol–water partition coefficient (Wildman–Crippen LogP) is 2.52. The molecule has 0 saturated heterocycles. The maximum absolute atomic E-state index is 12.6. The summed E-state index contributed by atoms with van der Waals surface area (Å²) in [6.07, 6.45) is 0. The van der Waals surface area contributed by atoms with Crippen LogP contribution in [0.2, 0.25) is 0 Å². The summed E-state index contributed by atoms with van der Waals surface area (Å²) in [6, 6.07) is 9.32. The Balaban J connectivity index is 2.21. The quantitative estimate of drug-likeness (QED) is 0.345. The van der Waals surface area contributed by atoms with Gasteiger partial charge in [0.25, 0.3) is 11.6 Å². The number of hydrogen-bond donors (Lipinski definition) is 2. The van der Waals surface area contributed by atoms with Crippen molar-refractivity contribution in [1.29, 1.82) is 0 Å². The fourth-order valence-electron chi connectivity index (χ4n) is 2.63. The third-order valence-corrected chi connectivity index (χ3v) is 3.97. The molecule has 10 heteroatoms. The number of nitrogens with zero attached hydrogens (tertiary/aromatic N) is 1. The smallest absolute Gasteiger partial charge is 0.286 e. The number of carbonyl (C=O) groups is 2. The van der Waals surface area contributed by atoms with Gasteiger partial charge in [0.2, 0.25) is 5.91 Å². The van der Waals surface area contributed by atoms with Crippen LogP contribution >= 0.6 is 0 Å². The van der Waals surface area contributed by atoms with E-state index in [0.29, 0.717) is 11.3 Å². The first-order chi connectivity index (χ1) is 14.3. The molecule has 0 aliphatic rings. The molecule has 0 spiro atoms. The first-order valence-corrected chi connectivity index (χ1v) is 8.98. The third kappa shape index (κ3) is 6.17. The molecule has 0 radical (unpaired) electrons. The highest BCUT2D eigenvalue weighted by atomic mass is 16.6. The second kappa shape index (κ2) is 10.8. The number of nitro benzene ring substituents is 1. The topological polar surface area (TPSA) is 129 Å². The van der Waals surface area contributed by atoms with Crippen molar-refractivity contribution in [2.24, 2.45) is 0 Å². The average Bonchev–Trinajstić information content (AvgIpc) is 2.71. The lowest BCUT2D eigenvalue weighted by Gasteiger charge is -2.13. The molecule has 2 aromatic rings. The van der Waals surface area contributed by atoms with Gasteiger partial charge in [-0.2, -0.15) is 0 Å². The van der Waals surface area contributed by atoms with Gasteiger partial charge in [0, 0.05) is 32.3 Å². The van der Waals surface area contributed by atoms with Crippen molar-refractivity contribution >= 4 is 23.2 Å². The third-order valence-electron chi connectivity index (χ3n) is 3.97. The molecular weight excluding hydrogens is 394 g/mol. The molecule has 0 aromatic heterocycles. The summed E-state index contributed by atoms with van der Waals surface area (Å²) in [5.74, 6) is -0.532. The summed E-state index contributed by atoms with van der Waals surface area (Å²) in [7, 11) is 2.88. The van der Waals surface area contributed by atoms with Crippen LogP contribution in [0.25, 0.3) is 0 Å². The van der Waals surface area contributed by atoms with Crippen LogP contribution in [0.4, 0.5) is 11.4 Å². The number of rotatable bonds is 10.